The lowest BCUT2D eigenvalue weighted by Gasteiger charge is -2.27. The summed E-state index contributed by atoms with van der Waals surface area (Å²) in [5.41, 5.74) is 3.59. The van der Waals surface area contributed by atoms with Crippen LogP contribution in [0.5, 0.6) is 11.5 Å². The molecule has 0 aliphatic rings. The number of hydrogen-bond acceptors (Lipinski definition) is 3. The number of methoxy groups -OCH3 is 2. The van der Waals surface area contributed by atoms with Gasteiger partial charge < -0.3 is 19.4 Å². The van der Waals surface area contributed by atoms with Gasteiger partial charge in [-0.1, -0.05) is 39.8 Å². The first-order valence-corrected chi connectivity index (χ1v) is 11.7. The molecule has 1 aromatic heterocycles. The summed E-state index contributed by atoms with van der Waals surface area (Å²) in [6.45, 7) is 10.1. The number of fused-ring (bicyclic) bond motifs is 1. The first-order chi connectivity index (χ1) is 15.7. The Kier molecular flexibility index (Phi) is 8.06. The molecule has 0 aliphatic heterocycles. The van der Waals surface area contributed by atoms with Crippen LogP contribution < -0.4 is 9.47 Å². The number of hydrogen-bond donors (Lipinski definition) is 1. The van der Waals surface area contributed by atoms with E-state index in [9.17, 15) is 4.79 Å². The number of H-pyrrole nitrogens is 1. The lowest BCUT2D eigenvalue weighted by atomic mass is 9.84. The smallest absolute Gasteiger partial charge is 0.223 e. The molecule has 1 atom stereocenters. The number of amides is 1. The highest BCUT2D eigenvalue weighted by Crippen LogP contribution is 2.27. The van der Waals surface area contributed by atoms with Crippen LogP contribution in [0.15, 0.2) is 48.7 Å². The minimum Gasteiger partial charge on any atom is -0.497 e. The van der Waals surface area contributed by atoms with Crippen LogP contribution in [0.1, 0.15) is 51.7 Å². The molecule has 2 aromatic carbocycles. The van der Waals surface area contributed by atoms with Crippen molar-refractivity contribution in [2.75, 3.05) is 20.8 Å². The third-order valence-electron chi connectivity index (χ3n) is 5.99. The van der Waals surface area contributed by atoms with Crippen molar-refractivity contribution in [1.82, 2.24) is 9.88 Å². The van der Waals surface area contributed by atoms with Crippen molar-refractivity contribution in [2.24, 2.45) is 11.3 Å². The third-order valence-corrected chi connectivity index (χ3v) is 5.99. The Morgan fingerprint density at radius 3 is 2.33 bits per heavy atom. The first kappa shape index (κ1) is 24.7. The fourth-order valence-electron chi connectivity index (χ4n) is 4.53. The lowest BCUT2D eigenvalue weighted by Crippen LogP contribution is -2.33. The van der Waals surface area contributed by atoms with E-state index in [1.165, 1.54) is 5.56 Å². The molecular formula is C28H38N2O3. The molecular weight excluding hydrogens is 412 g/mol. The molecule has 5 heteroatoms. The number of aromatic nitrogens is 1. The van der Waals surface area contributed by atoms with E-state index in [-0.39, 0.29) is 11.3 Å². The van der Waals surface area contributed by atoms with Crippen LogP contribution in [0.2, 0.25) is 0 Å². The summed E-state index contributed by atoms with van der Waals surface area (Å²) in [5.74, 6) is 2.21. The van der Waals surface area contributed by atoms with Crippen LogP contribution in [-0.2, 0) is 17.8 Å². The van der Waals surface area contributed by atoms with Gasteiger partial charge in [-0.3, -0.25) is 4.79 Å². The van der Waals surface area contributed by atoms with Gasteiger partial charge >= 0.3 is 0 Å². The van der Waals surface area contributed by atoms with E-state index in [0.717, 1.165) is 40.8 Å². The number of carbonyl (C=O) groups excluding carboxylic acids is 1. The molecule has 1 heterocycles. The number of aromatic amines is 1. The fraction of sp³-hybridized carbons (Fsp3) is 0.464. The highest BCUT2D eigenvalue weighted by molar-refractivity contribution is 5.84. The Bertz CT molecular complexity index is 1050. The average molecular weight is 451 g/mol. The van der Waals surface area contributed by atoms with Gasteiger partial charge in [-0.25, -0.2) is 0 Å². The molecule has 0 aliphatic carbocycles. The summed E-state index contributed by atoms with van der Waals surface area (Å²) in [6, 6.07) is 14.0. The number of nitrogens with zero attached hydrogens (tertiary/aromatic N) is 1. The van der Waals surface area contributed by atoms with E-state index in [1.807, 2.05) is 47.5 Å². The highest BCUT2D eigenvalue weighted by Gasteiger charge is 2.21. The normalized spacial score (nSPS) is 12.5. The second-order valence-electron chi connectivity index (χ2n) is 10.2. The molecule has 0 fully saturated rings. The second-order valence-corrected chi connectivity index (χ2v) is 10.2. The minimum atomic E-state index is 0.208. The van der Waals surface area contributed by atoms with Gasteiger partial charge in [0.15, 0.2) is 0 Å². The van der Waals surface area contributed by atoms with Crippen molar-refractivity contribution >= 4 is 16.8 Å². The molecule has 3 rings (SSSR count). The van der Waals surface area contributed by atoms with E-state index >= 15 is 0 Å². The summed E-state index contributed by atoms with van der Waals surface area (Å²) >= 11 is 0. The van der Waals surface area contributed by atoms with E-state index in [4.69, 9.17) is 9.47 Å². The molecule has 178 valence electrons. The van der Waals surface area contributed by atoms with Gasteiger partial charge in [0.2, 0.25) is 5.91 Å². The second kappa shape index (κ2) is 10.8. The molecule has 1 amide bonds. The van der Waals surface area contributed by atoms with Gasteiger partial charge in [-0.15, -0.1) is 0 Å². The average Bonchev–Trinajstić information content (AvgIpc) is 3.17. The monoisotopic (exact) mass is 450 g/mol. The highest BCUT2D eigenvalue weighted by atomic mass is 16.5. The van der Waals surface area contributed by atoms with Gasteiger partial charge in [-0.2, -0.15) is 0 Å². The minimum absolute atomic E-state index is 0.208. The Hall–Kier alpha value is -2.95. The van der Waals surface area contributed by atoms with Gasteiger partial charge in [0.1, 0.15) is 11.5 Å². The first-order valence-electron chi connectivity index (χ1n) is 11.7. The fourth-order valence-corrected chi connectivity index (χ4v) is 4.53. The summed E-state index contributed by atoms with van der Waals surface area (Å²) in [5, 5.41) is 1.15. The molecule has 1 N–H and O–H groups in total. The van der Waals surface area contributed by atoms with Crippen molar-refractivity contribution in [3.63, 3.8) is 0 Å². The standard InChI is InChI=1S/C28H38N2O3/c1-20(17-28(2,3)4)15-27(31)30(19-21-7-9-23(32-5)10-8-21)14-13-22-18-29-26-12-11-24(33-6)16-25(22)26/h7-12,16,18,20,29H,13-15,17,19H2,1-6H3. The summed E-state index contributed by atoms with van der Waals surface area (Å²) in [4.78, 5) is 18.7. The number of benzene rings is 2. The molecule has 0 bridgehead atoms. The maximum absolute atomic E-state index is 13.4. The van der Waals surface area contributed by atoms with Crippen molar-refractivity contribution < 1.29 is 14.3 Å². The third kappa shape index (κ3) is 7.01. The van der Waals surface area contributed by atoms with Crippen LogP contribution in [0.4, 0.5) is 0 Å². The molecule has 0 radical (unpaired) electrons. The van der Waals surface area contributed by atoms with Crippen LogP contribution in [-0.4, -0.2) is 36.6 Å². The zero-order chi connectivity index (χ0) is 24.0. The largest absolute Gasteiger partial charge is 0.497 e. The topological polar surface area (TPSA) is 54.6 Å². The summed E-state index contributed by atoms with van der Waals surface area (Å²) < 4.78 is 10.7. The van der Waals surface area contributed by atoms with Crippen molar-refractivity contribution in [3.05, 3.63) is 59.8 Å². The molecule has 33 heavy (non-hydrogen) atoms. The number of nitrogens with one attached hydrogen (secondary N) is 1. The summed E-state index contributed by atoms with van der Waals surface area (Å²) in [7, 11) is 3.35. The number of rotatable bonds is 10. The molecule has 0 saturated heterocycles. The quantitative estimate of drug-likeness (QED) is 0.399. The van der Waals surface area contributed by atoms with Gasteiger partial charge in [0, 0.05) is 36.6 Å². The molecule has 0 saturated carbocycles. The van der Waals surface area contributed by atoms with Gasteiger partial charge in [0.05, 0.1) is 14.2 Å². The van der Waals surface area contributed by atoms with Crippen molar-refractivity contribution in [3.8, 4) is 11.5 Å². The Labute approximate surface area is 198 Å². The van der Waals surface area contributed by atoms with Gasteiger partial charge in [0.25, 0.3) is 0 Å². The van der Waals surface area contributed by atoms with E-state index in [2.05, 4.69) is 38.7 Å². The zero-order valence-electron chi connectivity index (χ0n) is 20.9. The Morgan fingerprint density at radius 1 is 1.03 bits per heavy atom. The zero-order valence-corrected chi connectivity index (χ0v) is 20.9. The van der Waals surface area contributed by atoms with Crippen LogP contribution in [0, 0.1) is 11.3 Å². The number of ether oxygens (including phenoxy) is 2. The molecule has 5 nitrogen and oxygen atoms in total. The van der Waals surface area contributed by atoms with E-state index in [0.29, 0.717) is 25.4 Å². The Morgan fingerprint density at radius 2 is 1.70 bits per heavy atom. The van der Waals surface area contributed by atoms with Gasteiger partial charge in [-0.05, 0) is 65.6 Å². The van der Waals surface area contributed by atoms with E-state index in [1.54, 1.807) is 14.2 Å². The SMILES string of the molecule is COc1ccc(CN(CCc2c[nH]c3ccc(OC)cc23)C(=O)CC(C)CC(C)(C)C)cc1. The predicted octanol–water partition coefficient (Wildman–Crippen LogP) is 6.22. The number of carbonyl (C=O) groups is 1. The maximum atomic E-state index is 13.4. The van der Waals surface area contributed by atoms with Crippen LogP contribution in [0.25, 0.3) is 10.9 Å². The Balaban J connectivity index is 1.76. The molecule has 0 spiro atoms. The van der Waals surface area contributed by atoms with Crippen LogP contribution in [0.3, 0.4) is 0 Å². The maximum Gasteiger partial charge on any atom is 0.223 e. The summed E-state index contributed by atoms with van der Waals surface area (Å²) in [6.07, 6.45) is 4.41. The molecule has 3 aromatic rings. The lowest BCUT2D eigenvalue weighted by molar-refractivity contribution is -0.132. The van der Waals surface area contributed by atoms with Crippen LogP contribution >= 0.6 is 0 Å². The van der Waals surface area contributed by atoms with Crippen molar-refractivity contribution in [2.45, 2.75) is 53.5 Å². The predicted molar refractivity (Wildman–Crippen MR) is 135 cm³/mol. The van der Waals surface area contributed by atoms with Crippen molar-refractivity contribution in [1.29, 1.82) is 0 Å². The van der Waals surface area contributed by atoms with E-state index < -0.39 is 0 Å². The molecule has 1 unspecified atom stereocenters.